The van der Waals surface area contributed by atoms with Gasteiger partial charge in [0.15, 0.2) is 0 Å². The number of rotatable bonds is 6. The summed E-state index contributed by atoms with van der Waals surface area (Å²) in [6.45, 7) is 1.49. The van der Waals surface area contributed by atoms with Crippen molar-refractivity contribution in [2.24, 2.45) is 0 Å². The maximum Gasteiger partial charge on any atom is 0.0658 e. The first kappa shape index (κ1) is 19.5. The first-order valence-electron chi connectivity index (χ1n) is 10.5. The molecule has 2 N–H and O–H groups in total. The topological polar surface area (TPSA) is 24.1 Å². The van der Waals surface area contributed by atoms with Crippen LogP contribution >= 0.6 is 11.6 Å². The Bertz CT molecular complexity index is 1360. The third-order valence-electron chi connectivity index (χ3n) is 5.58. The third-order valence-corrected chi connectivity index (χ3v) is 5.89. The zero-order chi connectivity index (χ0) is 21.0. The van der Waals surface area contributed by atoms with Gasteiger partial charge in [0, 0.05) is 18.8 Å². The zero-order valence-electron chi connectivity index (χ0n) is 17.1. The van der Waals surface area contributed by atoms with Gasteiger partial charge in [-0.25, -0.2) is 0 Å². The molecule has 0 heterocycles. The lowest BCUT2D eigenvalue weighted by atomic mass is 10.1. The van der Waals surface area contributed by atoms with Crippen LogP contribution in [0.5, 0.6) is 0 Å². The van der Waals surface area contributed by atoms with Gasteiger partial charge in [0.2, 0.25) is 0 Å². The van der Waals surface area contributed by atoms with Crippen molar-refractivity contribution >= 4 is 44.5 Å². The fourth-order valence-corrected chi connectivity index (χ4v) is 4.11. The Morgan fingerprint density at radius 3 is 1.65 bits per heavy atom. The van der Waals surface area contributed by atoms with Crippen LogP contribution in [-0.4, -0.2) is 0 Å². The molecule has 0 fully saturated rings. The Balaban J connectivity index is 1.23. The van der Waals surface area contributed by atoms with Crippen LogP contribution in [-0.2, 0) is 13.1 Å². The molecule has 5 aromatic rings. The van der Waals surface area contributed by atoms with Crippen molar-refractivity contribution < 1.29 is 0 Å². The second-order valence-electron chi connectivity index (χ2n) is 7.76. The predicted octanol–water partition coefficient (Wildman–Crippen LogP) is 7.87. The Morgan fingerprint density at radius 2 is 1.06 bits per heavy atom. The molecule has 5 rings (SSSR count). The van der Waals surface area contributed by atoms with Crippen LogP contribution in [0, 0.1) is 0 Å². The molecule has 0 bridgehead atoms. The summed E-state index contributed by atoms with van der Waals surface area (Å²) in [4.78, 5) is 0. The van der Waals surface area contributed by atoms with Crippen LogP contribution in [0.3, 0.4) is 0 Å². The van der Waals surface area contributed by atoms with Gasteiger partial charge in [-0.2, -0.15) is 0 Å². The molecule has 31 heavy (non-hydrogen) atoms. The second kappa shape index (κ2) is 8.71. The van der Waals surface area contributed by atoms with Crippen LogP contribution in [0.4, 0.5) is 11.4 Å². The van der Waals surface area contributed by atoms with Crippen molar-refractivity contribution in [1.82, 2.24) is 0 Å². The van der Waals surface area contributed by atoms with Gasteiger partial charge in [0.25, 0.3) is 0 Å². The largest absolute Gasteiger partial charge is 0.381 e. The molecule has 0 atom stereocenters. The summed E-state index contributed by atoms with van der Waals surface area (Å²) in [5.74, 6) is 0. The third kappa shape index (κ3) is 4.50. The van der Waals surface area contributed by atoms with E-state index in [1.165, 1.54) is 32.7 Å². The normalized spacial score (nSPS) is 11.0. The van der Waals surface area contributed by atoms with E-state index in [2.05, 4.69) is 102 Å². The van der Waals surface area contributed by atoms with E-state index in [4.69, 9.17) is 11.6 Å². The van der Waals surface area contributed by atoms with E-state index in [0.717, 1.165) is 24.5 Å². The van der Waals surface area contributed by atoms with E-state index in [1.807, 2.05) is 12.1 Å². The molecule has 0 aliphatic carbocycles. The molecule has 5 aromatic carbocycles. The highest BCUT2D eigenvalue weighted by Gasteiger charge is 2.04. The molecule has 3 heteroatoms. The van der Waals surface area contributed by atoms with Crippen LogP contribution < -0.4 is 10.6 Å². The first-order valence-corrected chi connectivity index (χ1v) is 10.8. The second-order valence-corrected chi connectivity index (χ2v) is 8.17. The van der Waals surface area contributed by atoms with Gasteiger partial charge in [-0.3, -0.25) is 0 Å². The molecule has 0 amide bonds. The maximum atomic E-state index is 6.55. The monoisotopic (exact) mass is 422 g/mol. The minimum absolute atomic E-state index is 0.712. The van der Waals surface area contributed by atoms with Gasteiger partial charge >= 0.3 is 0 Å². The fraction of sp³-hybridized carbons (Fsp3) is 0.0714. The molecule has 0 aliphatic heterocycles. The molecule has 152 valence electrons. The van der Waals surface area contributed by atoms with Gasteiger partial charge in [-0.15, -0.1) is 0 Å². The molecule has 0 spiro atoms. The SMILES string of the molecule is Clc1cc(NCc2ccc3ccccc3c2)ccc1NCc1ccc2ccccc2c1. The van der Waals surface area contributed by atoms with E-state index < -0.39 is 0 Å². The first-order chi connectivity index (χ1) is 15.2. The molecular formula is C28H23ClN2. The summed E-state index contributed by atoms with van der Waals surface area (Å²) in [5.41, 5.74) is 4.42. The Labute approximate surface area is 187 Å². The van der Waals surface area contributed by atoms with E-state index >= 15 is 0 Å². The minimum Gasteiger partial charge on any atom is -0.381 e. The van der Waals surface area contributed by atoms with Crippen molar-refractivity contribution in [2.75, 3.05) is 10.6 Å². The number of fused-ring (bicyclic) bond motifs is 2. The van der Waals surface area contributed by atoms with Crippen LogP contribution in [0.25, 0.3) is 21.5 Å². The van der Waals surface area contributed by atoms with Gasteiger partial charge in [0.1, 0.15) is 0 Å². The quantitative estimate of drug-likeness (QED) is 0.291. The average Bonchev–Trinajstić information content (AvgIpc) is 2.82. The van der Waals surface area contributed by atoms with Gasteiger partial charge < -0.3 is 10.6 Å². The van der Waals surface area contributed by atoms with E-state index in [0.29, 0.717) is 5.02 Å². The number of hydrogen-bond acceptors (Lipinski definition) is 2. The maximum absolute atomic E-state index is 6.55. The summed E-state index contributed by atoms with van der Waals surface area (Å²) in [6.07, 6.45) is 0. The number of halogens is 1. The molecule has 0 aliphatic rings. The Morgan fingerprint density at radius 1 is 0.516 bits per heavy atom. The number of nitrogens with one attached hydrogen (secondary N) is 2. The molecule has 0 saturated heterocycles. The van der Waals surface area contributed by atoms with E-state index in [-0.39, 0.29) is 0 Å². The van der Waals surface area contributed by atoms with Crippen molar-refractivity contribution in [3.05, 3.63) is 119 Å². The van der Waals surface area contributed by atoms with E-state index in [9.17, 15) is 0 Å². The summed E-state index contributed by atoms with van der Waals surface area (Å²) < 4.78 is 0. The Kier molecular flexibility index (Phi) is 5.47. The van der Waals surface area contributed by atoms with Crippen LogP contribution in [0.2, 0.25) is 5.02 Å². The molecule has 0 unspecified atom stereocenters. The number of anilines is 2. The summed E-state index contributed by atoms with van der Waals surface area (Å²) in [6, 6.07) is 36.0. The molecule has 0 saturated carbocycles. The van der Waals surface area contributed by atoms with Crippen molar-refractivity contribution in [3.63, 3.8) is 0 Å². The predicted molar refractivity (Wildman–Crippen MR) is 134 cm³/mol. The van der Waals surface area contributed by atoms with Crippen LogP contribution in [0.1, 0.15) is 11.1 Å². The summed E-state index contributed by atoms with van der Waals surface area (Å²) in [7, 11) is 0. The van der Waals surface area contributed by atoms with Crippen molar-refractivity contribution in [2.45, 2.75) is 13.1 Å². The molecule has 0 radical (unpaired) electrons. The zero-order valence-corrected chi connectivity index (χ0v) is 17.9. The molecule has 2 nitrogen and oxygen atoms in total. The highest BCUT2D eigenvalue weighted by atomic mass is 35.5. The van der Waals surface area contributed by atoms with E-state index in [1.54, 1.807) is 0 Å². The lowest BCUT2D eigenvalue weighted by molar-refractivity contribution is 1.14. The van der Waals surface area contributed by atoms with Gasteiger partial charge in [-0.1, -0.05) is 84.4 Å². The Hall–Kier alpha value is -3.49. The lowest BCUT2D eigenvalue weighted by Gasteiger charge is -2.12. The average molecular weight is 423 g/mol. The van der Waals surface area contributed by atoms with Gasteiger partial charge in [0.05, 0.1) is 10.7 Å². The van der Waals surface area contributed by atoms with Crippen molar-refractivity contribution in [3.8, 4) is 0 Å². The minimum atomic E-state index is 0.712. The van der Waals surface area contributed by atoms with Crippen LogP contribution in [0.15, 0.2) is 103 Å². The highest BCUT2D eigenvalue weighted by molar-refractivity contribution is 6.33. The molecular weight excluding hydrogens is 400 g/mol. The van der Waals surface area contributed by atoms with Crippen molar-refractivity contribution in [1.29, 1.82) is 0 Å². The summed E-state index contributed by atoms with van der Waals surface area (Å²) in [5, 5.41) is 12.7. The number of benzene rings is 5. The smallest absolute Gasteiger partial charge is 0.0658 e. The fourth-order valence-electron chi connectivity index (χ4n) is 3.87. The lowest BCUT2D eigenvalue weighted by Crippen LogP contribution is -2.02. The standard InChI is InChI=1S/C28H23ClN2/c29-27-17-26(30-18-20-9-11-22-5-1-3-7-24(22)15-20)13-14-28(27)31-19-21-10-12-23-6-2-4-8-25(23)16-21/h1-17,30-31H,18-19H2. The highest BCUT2D eigenvalue weighted by Crippen LogP contribution is 2.27. The molecule has 0 aromatic heterocycles. The number of hydrogen-bond donors (Lipinski definition) is 2. The van der Waals surface area contributed by atoms with Gasteiger partial charge in [-0.05, 0) is 63.0 Å². The summed E-state index contributed by atoms with van der Waals surface area (Å²) >= 11 is 6.55.